The lowest BCUT2D eigenvalue weighted by Crippen LogP contribution is -2.47. The zero-order valence-electron chi connectivity index (χ0n) is 18.4. The molecule has 1 atom stereocenters. The molecule has 8 nitrogen and oxygen atoms in total. The molecule has 0 radical (unpaired) electrons. The number of pyridine rings is 1. The van der Waals surface area contributed by atoms with Gasteiger partial charge in [-0.15, -0.1) is 5.10 Å². The monoisotopic (exact) mass is 421 g/mol. The molecule has 0 bridgehead atoms. The summed E-state index contributed by atoms with van der Waals surface area (Å²) in [7, 11) is 2.14. The molecule has 3 heterocycles. The summed E-state index contributed by atoms with van der Waals surface area (Å²) in [5, 5.41) is 14.0. The van der Waals surface area contributed by atoms with E-state index >= 15 is 0 Å². The number of tetrazole rings is 1. The van der Waals surface area contributed by atoms with Gasteiger partial charge in [0.2, 0.25) is 0 Å². The van der Waals surface area contributed by atoms with E-state index in [1.54, 1.807) is 0 Å². The lowest BCUT2D eigenvalue weighted by atomic mass is 9.95. The van der Waals surface area contributed by atoms with Crippen molar-refractivity contribution >= 4 is 10.9 Å². The molecule has 8 heteroatoms. The Morgan fingerprint density at radius 2 is 1.87 bits per heavy atom. The van der Waals surface area contributed by atoms with Gasteiger partial charge in [0.1, 0.15) is 6.04 Å². The van der Waals surface area contributed by atoms with E-state index in [0.717, 1.165) is 66.9 Å². The van der Waals surface area contributed by atoms with E-state index in [2.05, 4.69) is 43.4 Å². The maximum absolute atomic E-state index is 13.3. The molecule has 2 fully saturated rings. The molecule has 0 amide bonds. The van der Waals surface area contributed by atoms with Crippen LogP contribution in [-0.2, 0) is 0 Å². The van der Waals surface area contributed by atoms with Crippen LogP contribution in [-0.4, -0.2) is 68.2 Å². The molecule has 1 saturated carbocycles. The van der Waals surface area contributed by atoms with Gasteiger partial charge < -0.3 is 9.88 Å². The van der Waals surface area contributed by atoms with E-state index in [4.69, 9.17) is 0 Å². The van der Waals surface area contributed by atoms with Gasteiger partial charge in [-0.25, -0.2) is 4.68 Å². The van der Waals surface area contributed by atoms with Crippen molar-refractivity contribution in [3.63, 3.8) is 0 Å². The van der Waals surface area contributed by atoms with E-state index in [0.29, 0.717) is 6.04 Å². The van der Waals surface area contributed by atoms with Crippen molar-refractivity contribution < 1.29 is 0 Å². The molecule has 1 aromatic carbocycles. The molecule has 164 valence electrons. The Kier molecular flexibility index (Phi) is 5.58. The van der Waals surface area contributed by atoms with Gasteiger partial charge in [-0.3, -0.25) is 9.69 Å². The number of fused-ring (bicyclic) bond motifs is 1. The van der Waals surface area contributed by atoms with Crippen molar-refractivity contribution in [1.82, 2.24) is 35.0 Å². The van der Waals surface area contributed by atoms with E-state index in [1.807, 2.05) is 29.8 Å². The van der Waals surface area contributed by atoms with E-state index < -0.39 is 0 Å². The molecule has 5 rings (SSSR count). The molecule has 1 aliphatic carbocycles. The Balaban J connectivity index is 1.63. The molecule has 2 aromatic heterocycles. The number of nitrogens with one attached hydrogen (secondary N) is 1. The van der Waals surface area contributed by atoms with Crippen molar-refractivity contribution in [3.8, 4) is 0 Å². The fraction of sp³-hybridized carbons (Fsp3) is 0.565. The van der Waals surface area contributed by atoms with E-state index in [1.165, 1.54) is 19.3 Å². The first-order valence-corrected chi connectivity index (χ1v) is 11.4. The molecular formula is C23H31N7O. The van der Waals surface area contributed by atoms with Gasteiger partial charge in [0, 0.05) is 31.7 Å². The predicted octanol–water partition coefficient (Wildman–Crippen LogP) is 2.67. The standard InChI is InChI=1S/C23H31N7O/c1-16-7-6-8-17-15-19(23(31)24-20(16)17)21(29-13-11-28(2)12-14-29)22-25-26-27-30(22)18-9-4-3-5-10-18/h6-8,15,18,21H,3-5,9-14H2,1-2H3,(H,24,31)/t21-/m0/s1. The minimum absolute atomic E-state index is 0.0519. The minimum Gasteiger partial charge on any atom is -0.321 e. The number of nitrogens with zero attached hydrogens (tertiary/aromatic N) is 6. The lowest BCUT2D eigenvalue weighted by Gasteiger charge is -2.37. The second-order valence-electron chi connectivity index (χ2n) is 9.11. The van der Waals surface area contributed by atoms with Crippen LogP contribution in [0.1, 0.15) is 61.1 Å². The Hall–Kier alpha value is -2.58. The van der Waals surface area contributed by atoms with Gasteiger partial charge >= 0.3 is 0 Å². The quantitative estimate of drug-likeness (QED) is 0.697. The third-order valence-electron chi connectivity index (χ3n) is 7.00. The average molecular weight is 422 g/mol. The summed E-state index contributed by atoms with van der Waals surface area (Å²) >= 11 is 0. The number of H-pyrrole nitrogens is 1. The normalized spacial score (nSPS) is 20.3. The number of hydrogen-bond acceptors (Lipinski definition) is 6. The van der Waals surface area contributed by atoms with Crippen LogP contribution >= 0.6 is 0 Å². The SMILES string of the molecule is Cc1cccc2cc([C@@H](c3nnnn3C3CCCCC3)N3CCN(C)CC3)c(=O)[nH]c12. The number of piperazine rings is 1. The number of para-hydroxylation sites is 1. The molecule has 31 heavy (non-hydrogen) atoms. The highest BCUT2D eigenvalue weighted by atomic mass is 16.1. The fourth-order valence-electron chi connectivity index (χ4n) is 5.15. The first kappa shape index (κ1) is 20.3. The first-order valence-electron chi connectivity index (χ1n) is 11.4. The Morgan fingerprint density at radius 1 is 1.10 bits per heavy atom. The number of hydrogen-bond donors (Lipinski definition) is 1. The van der Waals surface area contributed by atoms with Gasteiger partial charge in [0.05, 0.1) is 11.6 Å². The summed E-state index contributed by atoms with van der Waals surface area (Å²) in [6.45, 7) is 5.71. The van der Waals surface area contributed by atoms with E-state index in [-0.39, 0.29) is 11.6 Å². The summed E-state index contributed by atoms with van der Waals surface area (Å²) in [6.07, 6.45) is 5.89. The lowest BCUT2D eigenvalue weighted by molar-refractivity contribution is 0.119. The number of benzene rings is 1. The second kappa shape index (κ2) is 8.51. The van der Waals surface area contributed by atoms with Gasteiger partial charge in [-0.2, -0.15) is 0 Å². The van der Waals surface area contributed by atoms with Crippen LogP contribution in [0.25, 0.3) is 10.9 Å². The molecule has 1 N–H and O–H groups in total. The van der Waals surface area contributed by atoms with Crippen LogP contribution in [0.15, 0.2) is 29.1 Å². The zero-order valence-corrected chi connectivity index (χ0v) is 18.4. The Labute approximate surface area is 182 Å². The Bertz CT molecular complexity index is 1110. The van der Waals surface area contributed by atoms with Gasteiger partial charge in [-0.05, 0) is 54.3 Å². The summed E-state index contributed by atoms with van der Waals surface area (Å²) in [6, 6.07) is 8.24. The molecule has 2 aliphatic rings. The first-order chi connectivity index (χ1) is 15.1. The third-order valence-corrected chi connectivity index (χ3v) is 7.00. The largest absolute Gasteiger partial charge is 0.321 e. The highest BCUT2D eigenvalue weighted by Crippen LogP contribution is 2.33. The highest BCUT2D eigenvalue weighted by Gasteiger charge is 2.34. The smallest absolute Gasteiger partial charge is 0.253 e. The number of aryl methyl sites for hydroxylation is 1. The van der Waals surface area contributed by atoms with Crippen LogP contribution in [0, 0.1) is 6.92 Å². The molecule has 1 saturated heterocycles. The van der Waals surface area contributed by atoms with Crippen LogP contribution < -0.4 is 5.56 Å². The van der Waals surface area contributed by atoms with Crippen LogP contribution in [0.4, 0.5) is 0 Å². The third kappa shape index (κ3) is 3.90. The maximum atomic E-state index is 13.3. The van der Waals surface area contributed by atoms with Crippen molar-refractivity contribution in [2.45, 2.75) is 51.1 Å². The number of aromatic nitrogens is 5. The van der Waals surface area contributed by atoms with Crippen molar-refractivity contribution in [1.29, 1.82) is 0 Å². The van der Waals surface area contributed by atoms with Gasteiger partial charge in [0.15, 0.2) is 5.82 Å². The zero-order chi connectivity index (χ0) is 21.4. The van der Waals surface area contributed by atoms with Crippen molar-refractivity contribution in [3.05, 3.63) is 51.6 Å². The molecule has 1 aliphatic heterocycles. The number of rotatable bonds is 4. The van der Waals surface area contributed by atoms with Crippen molar-refractivity contribution in [2.75, 3.05) is 33.2 Å². The van der Waals surface area contributed by atoms with Gasteiger partial charge in [0.25, 0.3) is 5.56 Å². The highest BCUT2D eigenvalue weighted by molar-refractivity contribution is 5.82. The van der Waals surface area contributed by atoms with Gasteiger partial charge in [-0.1, -0.05) is 37.5 Å². The second-order valence-corrected chi connectivity index (χ2v) is 9.11. The predicted molar refractivity (Wildman–Crippen MR) is 120 cm³/mol. The van der Waals surface area contributed by atoms with Crippen LogP contribution in [0.2, 0.25) is 0 Å². The Morgan fingerprint density at radius 3 is 2.65 bits per heavy atom. The number of likely N-dealkylation sites (N-methyl/N-ethyl adjacent to an activating group) is 1. The topological polar surface area (TPSA) is 82.9 Å². The van der Waals surface area contributed by atoms with Crippen molar-refractivity contribution in [2.24, 2.45) is 0 Å². The van der Waals surface area contributed by atoms with Crippen LogP contribution in [0.3, 0.4) is 0 Å². The molecule has 0 spiro atoms. The summed E-state index contributed by atoms with van der Waals surface area (Å²) in [5.41, 5.74) is 2.66. The van der Waals surface area contributed by atoms with E-state index in [9.17, 15) is 4.79 Å². The van der Waals surface area contributed by atoms with Crippen LogP contribution in [0.5, 0.6) is 0 Å². The summed E-state index contributed by atoms with van der Waals surface area (Å²) in [5.74, 6) is 0.800. The minimum atomic E-state index is -0.251. The maximum Gasteiger partial charge on any atom is 0.253 e. The average Bonchev–Trinajstić information content (AvgIpc) is 3.26. The summed E-state index contributed by atoms with van der Waals surface area (Å²) in [4.78, 5) is 21.2. The molecule has 3 aromatic rings. The summed E-state index contributed by atoms with van der Waals surface area (Å²) < 4.78 is 2.02. The molecular weight excluding hydrogens is 390 g/mol. The fourth-order valence-corrected chi connectivity index (χ4v) is 5.15. The number of aromatic amines is 1. The molecule has 0 unspecified atom stereocenters.